The Labute approximate surface area is 163 Å². The van der Waals surface area contributed by atoms with Gasteiger partial charge in [0.05, 0.1) is 0 Å². The number of imidazole rings is 1. The van der Waals surface area contributed by atoms with Crippen molar-refractivity contribution in [3.05, 3.63) is 83.2 Å². The second-order valence-electron chi connectivity index (χ2n) is 6.99. The molecule has 144 valence electrons. The molecule has 28 heavy (non-hydrogen) atoms. The average Bonchev–Trinajstić information content (AvgIpc) is 3.33. The molecule has 2 aromatic carbocycles. The number of nitrogens with zero attached hydrogens (tertiary/aromatic N) is 2. The minimum atomic E-state index is -0.697. The van der Waals surface area contributed by atoms with Crippen LogP contribution in [0.4, 0.5) is 4.39 Å². The molecule has 1 N–H and O–H groups in total. The Bertz CT molecular complexity index is 999. The smallest absolute Gasteiger partial charge is 0.258 e. The molecule has 1 aromatic heterocycles. The summed E-state index contributed by atoms with van der Waals surface area (Å²) in [4.78, 5) is 16.8. The van der Waals surface area contributed by atoms with E-state index in [-0.39, 0.29) is 12.5 Å². The number of ether oxygens (including phenoxy) is 1. The van der Waals surface area contributed by atoms with E-state index in [0.717, 1.165) is 19.3 Å². The number of halogens is 1. The molecule has 1 amide bonds. The first-order valence-corrected chi connectivity index (χ1v) is 9.37. The van der Waals surface area contributed by atoms with Crippen LogP contribution in [-0.4, -0.2) is 22.1 Å². The normalized spacial score (nSPS) is 13.8. The van der Waals surface area contributed by atoms with Gasteiger partial charge in [-0.15, -0.1) is 0 Å². The van der Waals surface area contributed by atoms with E-state index < -0.39 is 11.9 Å². The Morgan fingerprint density at radius 3 is 2.86 bits per heavy atom. The zero-order valence-corrected chi connectivity index (χ0v) is 15.7. The number of benzene rings is 2. The maximum atomic E-state index is 14.4. The maximum absolute atomic E-state index is 14.4. The van der Waals surface area contributed by atoms with Gasteiger partial charge in [-0.3, -0.25) is 4.79 Å². The predicted octanol–water partition coefficient (Wildman–Crippen LogP) is 3.33. The second kappa shape index (κ2) is 7.84. The lowest BCUT2D eigenvalue weighted by Crippen LogP contribution is -2.35. The molecule has 3 aromatic rings. The average molecular weight is 379 g/mol. The summed E-state index contributed by atoms with van der Waals surface area (Å²) in [5.74, 6) is 0.498. The topological polar surface area (TPSA) is 56.2 Å². The summed E-state index contributed by atoms with van der Waals surface area (Å²) in [6.07, 6.45) is 6.69. The number of aryl methyl sites for hydroxylation is 3. The van der Waals surface area contributed by atoms with Crippen molar-refractivity contribution in [3.63, 3.8) is 0 Å². The highest BCUT2D eigenvalue weighted by Gasteiger charge is 2.23. The monoisotopic (exact) mass is 379 g/mol. The van der Waals surface area contributed by atoms with Gasteiger partial charge < -0.3 is 14.6 Å². The van der Waals surface area contributed by atoms with Gasteiger partial charge in [-0.05, 0) is 48.6 Å². The predicted molar refractivity (Wildman–Crippen MR) is 104 cm³/mol. The van der Waals surface area contributed by atoms with E-state index in [4.69, 9.17) is 4.74 Å². The van der Waals surface area contributed by atoms with E-state index in [1.165, 1.54) is 17.2 Å². The van der Waals surface area contributed by atoms with Crippen molar-refractivity contribution in [2.45, 2.75) is 25.3 Å². The van der Waals surface area contributed by atoms with Crippen LogP contribution >= 0.6 is 0 Å². The quantitative estimate of drug-likeness (QED) is 0.715. The fourth-order valence-electron chi connectivity index (χ4n) is 3.64. The van der Waals surface area contributed by atoms with Gasteiger partial charge in [0, 0.05) is 25.0 Å². The summed E-state index contributed by atoms with van der Waals surface area (Å²) >= 11 is 0. The molecule has 0 fully saturated rings. The van der Waals surface area contributed by atoms with Gasteiger partial charge in [0.25, 0.3) is 5.91 Å². The van der Waals surface area contributed by atoms with Crippen molar-refractivity contribution in [1.82, 2.24) is 14.9 Å². The summed E-state index contributed by atoms with van der Waals surface area (Å²) in [6.45, 7) is -0.145. The lowest BCUT2D eigenvalue weighted by atomic mass is 10.1. The van der Waals surface area contributed by atoms with Crippen molar-refractivity contribution < 1.29 is 13.9 Å². The SMILES string of the molecule is Cn1ccnc1[C@H](NC(=O)COc1ccc2c(c1)CCC2)c1ccccc1F. The number of amides is 1. The number of carbonyl (C=O) groups excluding carboxylic acids is 1. The molecule has 0 saturated carbocycles. The number of nitrogens with one attached hydrogen (secondary N) is 1. The third kappa shape index (κ3) is 3.76. The molecule has 0 aliphatic heterocycles. The molecule has 1 aliphatic carbocycles. The molecule has 0 bridgehead atoms. The molecule has 0 spiro atoms. The van der Waals surface area contributed by atoms with Crippen LogP contribution in [0.15, 0.2) is 54.9 Å². The number of rotatable bonds is 6. The molecule has 1 heterocycles. The maximum Gasteiger partial charge on any atom is 0.258 e. The third-order valence-corrected chi connectivity index (χ3v) is 5.08. The van der Waals surface area contributed by atoms with Crippen LogP contribution < -0.4 is 10.1 Å². The summed E-state index contributed by atoms with van der Waals surface area (Å²) in [5.41, 5.74) is 3.00. The number of carbonyl (C=O) groups is 1. The van der Waals surface area contributed by atoms with Crippen LogP contribution in [0.3, 0.4) is 0 Å². The van der Waals surface area contributed by atoms with Crippen LogP contribution in [0.1, 0.15) is 35.0 Å². The highest BCUT2D eigenvalue weighted by Crippen LogP contribution is 2.26. The van der Waals surface area contributed by atoms with Gasteiger partial charge in [0.15, 0.2) is 6.61 Å². The first-order chi connectivity index (χ1) is 13.6. The first-order valence-electron chi connectivity index (χ1n) is 9.37. The summed E-state index contributed by atoms with van der Waals surface area (Å²) in [6, 6.07) is 11.6. The molecular formula is C22H22FN3O2. The van der Waals surface area contributed by atoms with E-state index in [1.54, 1.807) is 35.2 Å². The molecule has 5 nitrogen and oxygen atoms in total. The minimum absolute atomic E-state index is 0.145. The van der Waals surface area contributed by atoms with Gasteiger partial charge in [-0.25, -0.2) is 9.37 Å². The fraction of sp³-hybridized carbons (Fsp3) is 0.273. The zero-order valence-electron chi connectivity index (χ0n) is 15.7. The fourth-order valence-corrected chi connectivity index (χ4v) is 3.64. The zero-order chi connectivity index (χ0) is 19.5. The largest absolute Gasteiger partial charge is 0.484 e. The first kappa shape index (κ1) is 18.2. The van der Waals surface area contributed by atoms with E-state index >= 15 is 0 Å². The summed E-state index contributed by atoms with van der Waals surface area (Å²) < 4.78 is 21.8. The molecule has 0 radical (unpaired) electrons. The molecule has 6 heteroatoms. The van der Waals surface area contributed by atoms with Crippen molar-refractivity contribution in [2.24, 2.45) is 7.05 Å². The highest BCUT2D eigenvalue weighted by molar-refractivity contribution is 5.78. The van der Waals surface area contributed by atoms with Crippen molar-refractivity contribution in [2.75, 3.05) is 6.61 Å². The molecule has 0 unspecified atom stereocenters. The van der Waals surface area contributed by atoms with Crippen LogP contribution in [0.25, 0.3) is 0 Å². The number of hydrogen-bond donors (Lipinski definition) is 1. The molecule has 1 aliphatic rings. The molecule has 0 saturated heterocycles. The summed E-state index contributed by atoms with van der Waals surface area (Å²) in [5, 5.41) is 2.85. The van der Waals surface area contributed by atoms with Crippen LogP contribution in [0, 0.1) is 5.82 Å². The van der Waals surface area contributed by atoms with E-state index in [0.29, 0.717) is 17.1 Å². The number of fused-ring (bicyclic) bond motifs is 1. The van der Waals surface area contributed by atoms with Crippen LogP contribution in [-0.2, 0) is 24.7 Å². The Hall–Kier alpha value is -3.15. The summed E-state index contributed by atoms with van der Waals surface area (Å²) in [7, 11) is 1.81. The second-order valence-corrected chi connectivity index (χ2v) is 6.99. The standard InChI is InChI=1S/C22H22FN3O2/c1-26-12-11-24-22(26)21(18-7-2-3-8-19(18)23)25-20(27)14-28-17-10-9-15-5-4-6-16(15)13-17/h2-3,7-13,21H,4-6,14H2,1H3,(H,25,27)/t21-/m1/s1. The lowest BCUT2D eigenvalue weighted by molar-refractivity contribution is -0.123. The van der Waals surface area contributed by atoms with E-state index in [9.17, 15) is 9.18 Å². The Morgan fingerprint density at radius 2 is 2.07 bits per heavy atom. The van der Waals surface area contributed by atoms with E-state index in [1.807, 2.05) is 19.2 Å². The Kier molecular flexibility index (Phi) is 5.10. The van der Waals surface area contributed by atoms with Gasteiger partial charge in [0.2, 0.25) is 0 Å². The Balaban J connectivity index is 1.48. The van der Waals surface area contributed by atoms with E-state index in [2.05, 4.69) is 16.4 Å². The molecule has 4 rings (SSSR count). The number of hydrogen-bond acceptors (Lipinski definition) is 3. The lowest BCUT2D eigenvalue weighted by Gasteiger charge is -2.20. The van der Waals surface area contributed by atoms with Crippen molar-refractivity contribution in [3.8, 4) is 5.75 Å². The molecular weight excluding hydrogens is 357 g/mol. The van der Waals surface area contributed by atoms with Crippen molar-refractivity contribution in [1.29, 1.82) is 0 Å². The van der Waals surface area contributed by atoms with Crippen molar-refractivity contribution >= 4 is 5.91 Å². The van der Waals surface area contributed by atoms with Gasteiger partial charge >= 0.3 is 0 Å². The van der Waals surface area contributed by atoms with Gasteiger partial charge in [-0.2, -0.15) is 0 Å². The highest BCUT2D eigenvalue weighted by atomic mass is 19.1. The Morgan fingerprint density at radius 1 is 1.25 bits per heavy atom. The third-order valence-electron chi connectivity index (χ3n) is 5.08. The minimum Gasteiger partial charge on any atom is -0.484 e. The van der Waals surface area contributed by atoms with Crippen LogP contribution in [0.5, 0.6) is 5.75 Å². The van der Waals surface area contributed by atoms with Gasteiger partial charge in [0.1, 0.15) is 23.4 Å². The van der Waals surface area contributed by atoms with Crippen LogP contribution in [0.2, 0.25) is 0 Å². The molecule has 1 atom stereocenters. The van der Waals surface area contributed by atoms with Gasteiger partial charge in [-0.1, -0.05) is 24.3 Å². The number of aromatic nitrogens is 2.